The third-order valence-corrected chi connectivity index (χ3v) is 7.08. The van der Waals surface area contributed by atoms with E-state index in [1.807, 2.05) is 26.0 Å². The zero-order valence-corrected chi connectivity index (χ0v) is 19.2. The maximum atomic E-state index is 12.7. The number of thioether (sulfide) groups is 1. The summed E-state index contributed by atoms with van der Waals surface area (Å²) in [5, 5.41) is 8.48. The zero-order chi connectivity index (χ0) is 22.2. The second-order valence-corrected chi connectivity index (χ2v) is 10.6. The van der Waals surface area contributed by atoms with Crippen molar-refractivity contribution < 1.29 is 17.6 Å². The van der Waals surface area contributed by atoms with E-state index in [-0.39, 0.29) is 11.5 Å². The normalized spacial score (nSPS) is 13.8. The lowest BCUT2D eigenvalue weighted by atomic mass is 9.99. The first-order chi connectivity index (χ1) is 14.7. The van der Waals surface area contributed by atoms with Gasteiger partial charge in [-0.25, -0.2) is 8.42 Å². The van der Waals surface area contributed by atoms with Crippen molar-refractivity contribution in [2.75, 3.05) is 22.9 Å². The van der Waals surface area contributed by atoms with Crippen LogP contribution in [0, 0.1) is 13.8 Å². The molecule has 0 radical (unpaired) electrons. The van der Waals surface area contributed by atoms with Gasteiger partial charge >= 0.3 is 0 Å². The van der Waals surface area contributed by atoms with Crippen LogP contribution in [0.15, 0.2) is 46.0 Å². The molecule has 2 heterocycles. The average Bonchev–Trinajstić information content (AvgIpc) is 3.19. The quantitative estimate of drug-likeness (QED) is 0.407. The monoisotopic (exact) mass is 457 g/mol. The van der Waals surface area contributed by atoms with Crippen molar-refractivity contribution >= 4 is 33.3 Å². The second kappa shape index (κ2) is 8.47. The van der Waals surface area contributed by atoms with Gasteiger partial charge in [-0.2, -0.15) is 0 Å². The number of rotatable bonds is 6. The largest absolute Gasteiger partial charge is 0.411 e. The molecule has 0 spiro atoms. The van der Waals surface area contributed by atoms with E-state index in [2.05, 4.69) is 16.3 Å². The number of hydrogen-bond donors (Lipinski definition) is 0. The molecule has 1 aliphatic heterocycles. The number of nitrogens with zero attached hydrogens (tertiary/aromatic N) is 3. The van der Waals surface area contributed by atoms with Crippen LogP contribution < -0.4 is 4.31 Å². The molecule has 0 atom stereocenters. The van der Waals surface area contributed by atoms with Gasteiger partial charge in [-0.3, -0.25) is 9.10 Å². The molecular formula is C22H23N3O4S2. The predicted octanol–water partition coefficient (Wildman–Crippen LogP) is 4.04. The molecule has 0 saturated heterocycles. The maximum Gasteiger partial charge on any atom is 0.277 e. The molecule has 0 aliphatic carbocycles. The first kappa shape index (κ1) is 21.6. The van der Waals surface area contributed by atoms with E-state index in [9.17, 15) is 13.2 Å². The Morgan fingerprint density at radius 1 is 1.13 bits per heavy atom. The van der Waals surface area contributed by atoms with Crippen molar-refractivity contribution in [2.24, 2.45) is 0 Å². The lowest BCUT2D eigenvalue weighted by Crippen LogP contribution is -2.34. The van der Waals surface area contributed by atoms with Crippen molar-refractivity contribution in [1.82, 2.24) is 10.2 Å². The van der Waals surface area contributed by atoms with Crippen molar-refractivity contribution in [1.29, 1.82) is 0 Å². The van der Waals surface area contributed by atoms with Crippen molar-refractivity contribution in [3.63, 3.8) is 0 Å². The standard InChI is InChI=1S/C22H23N3O4S2/c1-14-9-15(2)11-18(10-14)21-23-24-22(29-21)30-13-20(26)17-6-7-19-16(12-17)5-4-8-25(19)31(3,27)28/h6-7,9-12H,4-5,8,13H2,1-3H3. The Bertz CT molecular complexity index is 1230. The highest BCUT2D eigenvalue weighted by atomic mass is 32.2. The molecule has 1 aromatic heterocycles. The molecule has 1 aliphatic rings. The summed E-state index contributed by atoms with van der Waals surface area (Å²) in [6.45, 7) is 4.48. The van der Waals surface area contributed by atoms with Crippen LogP contribution in [0.25, 0.3) is 11.5 Å². The molecule has 0 saturated carbocycles. The summed E-state index contributed by atoms with van der Waals surface area (Å²) < 4.78 is 31.1. The summed E-state index contributed by atoms with van der Waals surface area (Å²) in [7, 11) is -3.33. The van der Waals surface area contributed by atoms with Gasteiger partial charge < -0.3 is 4.42 Å². The fraction of sp³-hybridized carbons (Fsp3) is 0.318. The van der Waals surface area contributed by atoms with Crippen molar-refractivity contribution in [3.8, 4) is 11.5 Å². The minimum atomic E-state index is -3.33. The van der Waals surface area contributed by atoms with Crippen LogP contribution in [0.2, 0.25) is 0 Å². The molecule has 0 amide bonds. The molecular weight excluding hydrogens is 434 g/mol. The molecule has 3 aromatic rings. The number of aromatic nitrogens is 2. The Kier molecular flexibility index (Phi) is 5.90. The van der Waals surface area contributed by atoms with E-state index in [0.29, 0.717) is 28.9 Å². The second-order valence-electron chi connectivity index (χ2n) is 7.74. The van der Waals surface area contributed by atoms with Crippen LogP contribution in [0.5, 0.6) is 0 Å². The Hall–Kier alpha value is -2.65. The predicted molar refractivity (Wildman–Crippen MR) is 121 cm³/mol. The number of ketones is 1. The third-order valence-electron chi connectivity index (χ3n) is 5.08. The molecule has 31 heavy (non-hydrogen) atoms. The Labute approximate surface area is 185 Å². The molecule has 4 rings (SSSR count). The van der Waals surface area contributed by atoms with E-state index in [1.54, 1.807) is 18.2 Å². The van der Waals surface area contributed by atoms with Gasteiger partial charge in [0.05, 0.1) is 17.7 Å². The van der Waals surface area contributed by atoms with Gasteiger partial charge in [0.15, 0.2) is 5.78 Å². The van der Waals surface area contributed by atoms with E-state index < -0.39 is 10.0 Å². The highest BCUT2D eigenvalue weighted by Gasteiger charge is 2.24. The number of carbonyl (C=O) groups excluding carboxylic acids is 1. The Morgan fingerprint density at radius 2 is 1.87 bits per heavy atom. The number of sulfonamides is 1. The lowest BCUT2D eigenvalue weighted by Gasteiger charge is -2.29. The lowest BCUT2D eigenvalue weighted by molar-refractivity contribution is 0.102. The maximum absolute atomic E-state index is 12.7. The Morgan fingerprint density at radius 3 is 2.58 bits per heavy atom. The van der Waals surface area contributed by atoms with Crippen LogP contribution in [0.3, 0.4) is 0 Å². The molecule has 2 aromatic carbocycles. The highest BCUT2D eigenvalue weighted by Crippen LogP contribution is 2.31. The van der Waals surface area contributed by atoms with E-state index in [4.69, 9.17) is 4.42 Å². The molecule has 7 nitrogen and oxygen atoms in total. The van der Waals surface area contributed by atoms with Crippen LogP contribution in [0.1, 0.15) is 33.5 Å². The Balaban J connectivity index is 1.46. The van der Waals surface area contributed by atoms with Crippen molar-refractivity contribution in [3.05, 3.63) is 58.7 Å². The topological polar surface area (TPSA) is 93.4 Å². The van der Waals surface area contributed by atoms with Crippen LogP contribution in [-0.2, 0) is 16.4 Å². The van der Waals surface area contributed by atoms with Gasteiger partial charge in [-0.05, 0) is 62.6 Å². The molecule has 0 bridgehead atoms. The summed E-state index contributed by atoms with van der Waals surface area (Å²) in [4.78, 5) is 12.7. The van der Waals surface area contributed by atoms with E-state index in [0.717, 1.165) is 35.1 Å². The summed E-state index contributed by atoms with van der Waals surface area (Å²) in [6, 6.07) is 11.2. The summed E-state index contributed by atoms with van der Waals surface area (Å²) in [5.41, 5.74) is 5.16. The zero-order valence-electron chi connectivity index (χ0n) is 17.6. The van der Waals surface area contributed by atoms with Gasteiger partial charge in [-0.15, -0.1) is 10.2 Å². The minimum absolute atomic E-state index is 0.0737. The third kappa shape index (κ3) is 4.83. The first-order valence-corrected chi connectivity index (χ1v) is 12.7. The van der Waals surface area contributed by atoms with Crippen LogP contribution >= 0.6 is 11.8 Å². The fourth-order valence-electron chi connectivity index (χ4n) is 3.77. The van der Waals surface area contributed by atoms with E-state index >= 15 is 0 Å². The van der Waals surface area contributed by atoms with Crippen LogP contribution in [-0.4, -0.2) is 43.0 Å². The first-order valence-electron chi connectivity index (χ1n) is 9.89. The number of Topliss-reactive ketones (excluding diaryl/α,β-unsaturated/α-hetero) is 1. The van der Waals surface area contributed by atoms with Gasteiger partial charge in [-0.1, -0.05) is 29.0 Å². The summed E-state index contributed by atoms with van der Waals surface area (Å²) in [5.74, 6) is 0.509. The summed E-state index contributed by atoms with van der Waals surface area (Å²) >= 11 is 1.19. The average molecular weight is 458 g/mol. The number of fused-ring (bicyclic) bond motifs is 1. The number of anilines is 1. The molecule has 0 N–H and O–H groups in total. The van der Waals surface area contributed by atoms with Gasteiger partial charge in [0, 0.05) is 17.7 Å². The SMILES string of the molecule is Cc1cc(C)cc(-c2nnc(SCC(=O)c3ccc4c(c3)CCCN4S(C)(=O)=O)o2)c1. The van der Waals surface area contributed by atoms with Crippen molar-refractivity contribution in [2.45, 2.75) is 31.9 Å². The smallest absolute Gasteiger partial charge is 0.277 e. The van der Waals surface area contributed by atoms with Gasteiger partial charge in [0.2, 0.25) is 15.9 Å². The fourth-order valence-corrected chi connectivity index (χ4v) is 5.43. The number of carbonyl (C=O) groups is 1. The number of benzene rings is 2. The molecule has 0 unspecified atom stereocenters. The number of hydrogen-bond acceptors (Lipinski definition) is 7. The number of aryl methyl sites for hydroxylation is 3. The van der Waals surface area contributed by atoms with E-state index in [1.165, 1.54) is 22.3 Å². The molecule has 9 heteroatoms. The summed E-state index contributed by atoms with van der Waals surface area (Å²) in [6.07, 6.45) is 2.68. The minimum Gasteiger partial charge on any atom is -0.411 e. The van der Waals surface area contributed by atoms with Crippen LogP contribution in [0.4, 0.5) is 5.69 Å². The van der Waals surface area contributed by atoms with Gasteiger partial charge in [0.25, 0.3) is 5.22 Å². The molecule has 162 valence electrons. The molecule has 0 fully saturated rings. The highest BCUT2D eigenvalue weighted by molar-refractivity contribution is 7.99. The van der Waals surface area contributed by atoms with Gasteiger partial charge in [0.1, 0.15) is 0 Å².